The molecule has 1 unspecified atom stereocenters. The minimum absolute atomic E-state index is 0.0122. The summed E-state index contributed by atoms with van der Waals surface area (Å²) in [6.45, 7) is 32.8. The van der Waals surface area contributed by atoms with Crippen molar-refractivity contribution in [1.29, 1.82) is 0 Å². The van der Waals surface area contributed by atoms with Crippen LogP contribution in [-0.4, -0.2) is 44.9 Å². The van der Waals surface area contributed by atoms with Crippen LogP contribution in [0.3, 0.4) is 0 Å². The Labute approximate surface area is 217 Å². The first-order valence-corrected chi connectivity index (χ1v) is 23.2. The van der Waals surface area contributed by atoms with E-state index < -0.39 is 41.0 Å². The second-order valence-electron chi connectivity index (χ2n) is 13.9. The molecule has 0 aromatic carbocycles. The van der Waals surface area contributed by atoms with Crippen molar-refractivity contribution in [3.05, 3.63) is 11.2 Å². The van der Waals surface area contributed by atoms with Gasteiger partial charge in [-0.1, -0.05) is 75.4 Å². The lowest BCUT2D eigenvalue weighted by Gasteiger charge is -2.41. The first kappa shape index (κ1) is 32.1. The predicted molar refractivity (Wildman–Crippen MR) is 154 cm³/mol. The molecule has 34 heavy (non-hydrogen) atoms. The number of aromatic nitrogens is 1. The first-order chi connectivity index (χ1) is 14.7. The second-order valence-corrected chi connectivity index (χ2v) is 31.8. The van der Waals surface area contributed by atoms with Gasteiger partial charge in [0.15, 0.2) is 20.8 Å². The summed E-state index contributed by atoms with van der Waals surface area (Å²) < 4.78 is 43.1. The number of hydrogen-bond acceptors (Lipinski definition) is 6. The highest BCUT2D eigenvalue weighted by atomic mass is 32.2. The van der Waals surface area contributed by atoms with Crippen LogP contribution < -0.4 is 4.39 Å². The topological polar surface area (TPSA) is 77.5 Å². The molecule has 0 saturated heterocycles. The third-order valence-electron chi connectivity index (χ3n) is 7.95. The average Bonchev–Trinajstić information content (AvgIpc) is 3.05. The van der Waals surface area contributed by atoms with E-state index >= 15 is 0 Å². The maximum absolute atomic E-state index is 13.3. The Balaban J connectivity index is 3.34. The molecule has 0 aliphatic heterocycles. The van der Waals surface area contributed by atoms with Crippen LogP contribution in [-0.2, 0) is 18.9 Å². The molecule has 0 aliphatic rings. The van der Waals surface area contributed by atoms with Gasteiger partial charge in [-0.3, -0.25) is 0 Å². The Hall–Kier alpha value is 0.111. The fraction of sp³-hybridized carbons (Fsp3) is 0.870. The van der Waals surface area contributed by atoms with Crippen LogP contribution in [0.25, 0.3) is 0 Å². The molecule has 0 bridgehead atoms. The fourth-order valence-electron chi connectivity index (χ4n) is 2.27. The number of sulfonamides is 1. The standard InChI is InChI=1S/C23H50N2O4S2Si3/c1-21(2,3)32(10,11)25-31(26,27)19-16-24-20(30-19)18(29-34(14,15)23(7,8)9)17-28-33(12,13)22(4,5)6/h16,18,25H,17H2,1-15H3. The Morgan fingerprint density at radius 2 is 1.35 bits per heavy atom. The molecule has 0 saturated carbocycles. The van der Waals surface area contributed by atoms with Crippen LogP contribution in [0.2, 0.25) is 54.4 Å². The number of nitrogens with one attached hydrogen (secondary N) is 1. The number of rotatable bonds is 9. The van der Waals surface area contributed by atoms with Gasteiger partial charge in [0.05, 0.1) is 12.8 Å². The molecule has 1 heterocycles. The third-order valence-corrected chi connectivity index (χ3v) is 26.2. The summed E-state index contributed by atoms with van der Waals surface area (Å²) in [6, 6.07) is 0. The van der Waals surface area contributed by atoms with E-state index in [9.17, 15) is 8.42 Å². The van der Waals surface area contributed by atoms with Crippen molar-refractivity contribution in [3.63, 3.8) is 0 Å². The lowest BCUT2D eigenvalue weighted by molar-refractivity contribution is 0.108. The maximum Gasteiger partial charge on any atom is 0.245 e. The Kier molecular flexibility index (Phi) is 9.56. The van der Waals surface area contributed by atoms with E-state index in [0.29, 0.717) is 11.6 Å². The Bertz CT molecular complexity index is 939. The van der Waals surface area contributed by atoms with Crippen LogP contribution in [0, 0.1) is 0 Å². The van der Waals surface area contributed by atoms with Crippen molar-refractivity contribution >= 4 is 46.2 Å². The molecule has 11 heteroatoms. The van der Waals surface area contributed by atoms with Crippen molar-refractivity contribution in [2.24, 2.45) is 0 Å². The first-order valence-electron chi connectivity index (χ1n) is 12.0. The zero-order chi connectivity index (χ0) is 27.2. The van der Waals surface area contributed by atoms with Crippen LogP contribution >= 0.6 is 11.3 Å². The summed E-state index contributed by atoms with van der Waals surface area (Å²) in [5.41, 5.74) is 0. The molecule has 1 N–H and O–H groups in total. The van der Waals surface area contributed by atoms with Crippen LogP contribution in [0.1, 0.15) is 73.4 Å². The summed E-state index contributed by atoms with van der Waals surface area (Å²) in [4.78, 5) is 4.55. The second kappa shape index (κ2) is 10.1. The highest BCUT2D eigenvalue weighted by Gasteiger charge is 2.43. The van der Waals surface area contributed by atoms with Gasteiger partial charge in [-0.05, 0) is 41.3 Å². The normalized spacial score (nSPS) is 16.1. The highest BCUT2D eigenvalue weighted by Crippen LogP contribution is 2.42. The van der Waals surface area contributed by atoms with E-state index in [4.69, 9.17) is 8.85 Å². The van der Waals surface area contributed by atoms with Crippen molar-refractivity contribution in [3.8, 4) is 0 Å². The molecule has 0 radical (unpaired) electrons. The smallest absolute Gasteiger partial charge is 0.245 e. The minimum Gasteiger partial charge on any atom is -0.414 e. The van der Waals surface area contributed by atoms with Crippen molar-refractivity contribution < 1.29 is 17.3 Å². The summed E-state index contributed by atoms with van der Waals surface area (Å²) in [6.07, 6.45) is 1.08. The van der Waals surface area contributed by atoms with Crippen LogP contribution in [0.15, 0.2) is 10.4 Å². The third kappa shape index (κ3) is 7.80. The number of nitrogens with zero attached hydrogens (tertiary/aromatic N) is 1. The number of thiazole rings is 1. The molecule has 0 fully saturated rings. The van der Waals surface area contributed by atoms with E-state index in [0.717, 1.165) is 0 Å². The van der Waals surface area contributed by atoms with Gasteiger partial charge in [0.1, 0.15) is 19.3 Å². The summed E-state index contributed by atoms with van der Waals surface area (Å²) in [5.74, 6) is 0. The summed E-state index contributed by atoms with van der Waals surface area (Å²) >= 11 is 1.20. The molecule has 1 atom stereocenters. The van der Waals surface area contributed by atoms with Gasteiger partial charge in [0, 0.05) is 0 Å². The molecule has 0 amide bonds. The van der Waals surface area contributed by atoms with E-state index in [-0.39, 0.29) is 19.3 Å². The zero-order valence-electron chi connectivity index (χ0n) is 24.3. The lowest BCUT2D eigenvalue weighted by atomic mass is 10.2. The quantitative estimate of drug-likeness (QED) is 0.313. The Morgan fingerprint density at radius 1 is 0.882 bits per heavy atom. The largest absolute Gasteiger partial charge is 0.414 e. The van der Waals surface area contributed by atoms with E-state index in [1.54, 1.807) is 0 Å². The van der Waals surface area contributed by atoms with Crippen LogP contribution in [0.5, 0.6) is 0 Å². The minimum atomic E-state index is -3.66. The fourth-order valence-corrected chi connectivity index (χ4v) is 10.8. The molecule has 6 nitrogen and oxygen atoms in total. The van der Waals surface area contributed by atoms with Gasteiger partial charge in [-0.15, -0.1) is 11.3 Å². The van der Waals surface area contributed by atoms with E-state index in [2.05, 4.69) is 97.9 Å². The molecule has 0 aliphatic carbocycles. The van der Waals surface area contributed by atoms with E-state index in [1.807, 2.05) is 13.1 Å². The molecule has 1 rings (SSSR count). The molecule has 1 aromatic heterocycles. The van der Waals surface area contributed by atoms with Gasteiger partial charge in [0.25, 0.3) is 0 Å². The van der Waals surface area contributed by atoms with E-state index in [1.165, 1.54) is 17.5 Å². The van der Waals surface area contributed by atoms with Crippen molar-refractivity contribution in [2.45, 2.75) is 127 Å². The predicted octanol–water partition coefficient (Wildman–Crippen LogP) is 7.51. The molecule has 200 valence electrons. The highest BCUT2D eigenvalue weighted by molar-refractivity contribution is 7.93. The van der Waals surface area contributed by atoms with Gasteiger partial charge in [-0.2, -0.15) is 0 Å². The Morgan fingerprint density at radius 3 is 1.76 bits per heavy atom. The molecular formula is C23H50N2O4S2Si3. The van der Waals surface area contributed by atoms with Gasteiger partial charge < -0.3 is 8.85 Å². The maximum atomic E-state index is 13.3. The molecule has 0 spiro atoms. The average molecular weight is 567 g/mol. The zero-order valence-corrected chi connectivity index (χ0v) is 28.9. The monoisotopic (exact) mass is 566 g/mol. The number of hydrogen-bond donors (Lipinski definition) is 1. The SMILES string of the molecule is CC(C)(C)[Si](C)(C)NS(=O)(=O)c1cnc(C(CO[Si](C)(C)C(C)(C)C)O[Si](C)(C)C(C)(C)C)s1. The lowest BCUT2D eigenvalue weighted by Crippen LogP contribution is -2.54. The van der Waals surface area contributed by atoms with Crippen molar-refractivity contribution in [2.75, 3.05) is 6.61 Å². The van der Waals surface area contributed by atoms with Crippen molar-refractivity contribution in [1.82, 2.24) is 9.37 Å². The summed E-state index contributed by atoms with van der Waals surface area (Å²) in [5, 5.41) is 0.634. The molecule has 1 aromatic rings. The summed E-state index contributed by atoms with van der Waals surface area (Å²) in [7, 11) is -10.1. The molecular weight excluding hydrogens is 517 g/mol. The van der Waals surface area contributed by atoms with Crippen LogP contribution in [0.4, 0.5) is 0 Å². The van der Waals surface area contributed by atoms with Gasteiger partial charge >= 0.3 is 0 Å². The van der Waals surface area contributed by atoms with Gasteiger partial charge in [-0.25, -0.2) is 17.8 Å². The van der Waals surface area contributed by atoms with Gasteiger partial charge in [0.2, 0.25) is 10.0 Å².